The summed E-state index contributed by atoms with van der Waals surface area (Å²) in [5.41, 5.74) is 7.02. The first-order valence-electron chi connectivity index (χ1n) is 11.6. The number of H-pyrrole nitrogens is 1. The van der Waals surface area contributed by atoms with Crippen LogP contribution in [0.25, 0.3) is 22.5 Å². The van der Waals surface area contributed by atoms with Crippen LogP contribution in [0.15, 0.2) is 77.2 Å². The molecule has 33 heavy (non-hydrogen) atoms. The van der Waals surface area contributed by atoms with Crippen LogP contribution in [0.3, 0.4) is 0 Å². The summed E-state index contributed by atoms with van der Waals surface area (Å²) in [5, 5.41) is 19.3. The van der Waals surface area contributed by atoms with Gasteiger partial charge in [0.15, 0.2) is 0 Å². The van der Waals surface area contributed by atoms with E-state index in [2.05, 4.69) is 94.0 Å². The number of tetrazole rings is 1. The summed E-state index contributed by atoms with van der Waals surface area (Å²) in [7, 11) is 0. The SMILES string of the molecule is CCCC1=NC2=CC(C)=CN(CC)N2C1Cc1ccc(-c2ccccc2-c2nn[nH]n2)cc1. The number of rotatable bonds is 7. The molecule has 0 spiro atoms. The molecule has 168 valence electrons. The highest BCUT2D eigenvalue weighted by atomic mass is 15.7. The smallest absolute Gasteiger partial charge is 0.205 e. The molecule has 7 nitrogen and oxygen atoms in total. The average Bonchev–Trinajstić information content (AvgIpc) is 3.48. The van der Waals surface area contributed by atoms with Gasteiger partial charge in [-0.15, -0.1) is 10.2 Å². The molecule has 7 heteroatoms. The summed E-state index contributed by atoms with van der Waals surface area (Å²) in [6.07, 6.45) is 7.46. The second-order valence-corrected chi connectivity index (χ2v) is 8.53. The van der Waals surface area contributed by atoms with Gasteiger partial charge >= 0.3 is 0 Å². The number of nitrogens with one attached hydrogen (secondary N) is 1. The number of benzene rings is 2. The number of hydrazine groups is 1. The van der Waals surface area contributed by atoms with Crippen molar-refractivity contribution in [3.05, 3.63) is 77.8 Å². The van der Waals surface area contributed by atoms with E-state index >= 15 is 0 Å². The lowest BCUT2D eigenvalue weighted by molar-refractivity contribution is 0.0482. The molecule has 1 N–H and O–H groups in total. The Labute approximate surface area is 194 Å². The topological polar surface area (TPSA) is 73.3 Å². The molecular weight excluding hydrogens is 410 g/mol. The number of fused-ring (bicyclic) bond motifs is 1. The molecule has 3 aromatic rings. The maximum atomic E-state index is 5.03. The van der Waals surface area contributed by atoms with Crippen LogP contribution >= 0.6 is 0 Å². The van der Waals surface area contributed by atoms with Crippen LogP contribution in [0.1, 0.15) is 39.2 Å². The monoisotopic (exact) mass is 439 g/mol. The van der Waals surface area contributed by atoms with Gasteiger partial charge in [-0.05, 0) is 53.8 Å². The third-order valence-corrected chi connectivity index (χ3v) is 6.20. The average molecular weight is 440 g/mol. The van der Waals surface area contributed by atoms with E-state index in [1.807, 2.05) is 18.2 Å². The van der Waals surface area contributed by atoms with Crippen molar-refractivity contribution in [2.45, 2.75) is 46.1 Å². The normalized spacial score (nSPS) is 17.5. The number of nitrogens with zero attached hydrogens (tertiary/aromatic N) is 6. The number of aliphatic imine (C=N–C) groups is 1. The van der Waals surface area contributed by atoms with Crippen molar-refractivity contribution in [3.8, 4) is 22.5 Å². The minimum absolute atomic E-state index is 0.248. The van der Waals surface area contributed by atoms with Crippen LogP contribution < -0.4 is 0 Å². The van der Waals surface area contributed by atoms with Crippen LogP contribution in [0.5, 0.6) is 0 Å². The standard InChI is InChI=1S/C26H29N7/c1-4-8-23-24(33-25(27-23)15-18(3)17-32(33)5-2)16-19-11-13-20(14-12-19)21-9-6-7-10-22(21)26-28-30-31-29-26/h6-7,9-15,17,24H,4-5,8,16H2,1-3H3,(H,28,29,30,31). The molecule has 0 amide bonds. The molecule has 3 heterocycles. The van der Waals surface area contributed by atoms with E-state index in [1.165, 1.54) is 16.8 Å². The lowest BCUT2D eigenvalue weighted by Crippen LogP contribution is -2.47. The van der Waals surface area contributed by atoms with Crippen molar-refractivity contribution in [1.29, 1.82) is 0 Å². The van der Waals surface area contributed by atoms with Gasteiger partial charge in [-0.1, -0.05) is 61.9 Å². The molecule has 2 aliphatic rings. The van der Waals surface area contributed by atoms with Gasteiger partial charge in [-0.25, -0.2) is 4.99 Å². The third kappa shape index (κ3) is 4.06. The summed E-state index contributed by atoms with van der Waals surface area (Å²) < 4.78 is 0. The molecule has 5 rings (SSSR count). The number of aromatic amines is 1. The Bertz CT molecular complexity index is 1210. The summed E-state index contributed by atoms with van der Waals surface area (Å²) in [6, 6.07) is 17.3. The van der Waals surface area contributed by atoms with Gasteiger partial charge in [0.2, 0.25) is 5.82 Å². The molecule has 1 atom stereocenters. The summed E-state index contributed by atoms with van der Waals surface area (Å²) >= 11 is 0. The maximum Gasteiger partial charge on any atom is 0.205 e. The van der Waals surface area contributed by atoms with E-state index in [1.54, 1.807) is 0 Å². The Hall–Kier alpha value is -3.74. The zero-order chi connectivity index (χ0) is 22.8. The van der Waals surface area contributed by atoms with Crippen molar-refractivity contribution < 1.29 is 0 Å². The van der Waals surface area contributed by atoms with E-state index in [0.717, 1.165) is 48.3 Å². The molecule has 0 saturated carbocycles. The minimum atomic E-state index is 0.248. The first-order chi connectivity index (χ1) is 16.2. The minimum Gasteiger partial charge on any atom is -0.291 e. The fourth-order valence-electron chi connectivity index (χ4n) is 4.70. The second kappa shape index (κ2) is 9.02. The largest absolute Gasteiger partial charge is 0.291 e. The van der Waals surface area contributed by atoms with Gasteiger partial charge in [0, 0.05) is 30.4 Å². The van der Waals surface area contributed by atoms with Crippen molar-refractivity contribution in [2.24, 2.45) is 4.99 Å². The molecular formula is C26H29N7. The Morgan fingerprint density at radius 1 is 1.00 bits per heavy atom. The Kier molecular flexibility index (Phi) is 5.77. The fraction of sp³-hybridized carbons (Fsp3) is 0.308. The van der Waals surface area contributed by atoms with E-state index in [0.29, 0.717) is 5.82 Å². The lowest BCUT2D eigenvalue weighted by atomic mass is 9.95. The van der Waals surface area contributed by atoms with E-state index in [9.17, 15) is 0 Å². The van der Waals surface area contributed by atoms with Gasteiger partial charge in [0.25, 0.3) is 0 Å². The van der Waals surface area contributed by atoms with E-state index in [-0.39, 0.29) is 6.04 Å². The number of allylic oxidation sites excluding steroid dienone is 2. The zero-order valence-corrected chi connectivity index (χ0v) is 19.4. The quantitative estimate of drug-likeness (QED) is 0.561. The van der Waals surface area contributed by atoms with Crippen LogP contribution in [0.4, 0.5) is 0 Å². The summed E-state index contributed by atoms with van der Waals surface area (Å²) in [5.74, 6) is 1.67. The Morgan fingerprint density at radius 2 is 1.79 bits per heavy atom. The Balaban J connectivity index is 1.42. The van der Waals surface area contributed by atoms with Gasteiger partial charge in [-0.2, -0.15) is 5.21 Å². The maximum absolute atomic E-state index is 5.03. The first-order valence-corrected chi connectivity index (χ1v) is 11.6. The number of hydrogen-bond acceptors (Lipinski definition) is 6. The van der Waals surface area contributed by atoms with Crippen LogP contribution in [0, 0.1) is 0 Å². The van der Waals surface area contributed by atoms with E-state index < -0.39 is 0 Å². The van der Waals surface area contributed by atoms with Crippen molar-refractivity contribution in [3.63, 3.8) is 0 Å². The molecule has 1 unspecified atom stereocenters. The summed E-state index contributed by atoms with van der Waals surface area (Å²) in [4.78, 5) is 5.03. The number of hydrogen-bond donors (Lipinski definition) is 1. The van der Waals surface area contributed by atoms with Crippen molar-refractivity contribution >= 4 is 5.71 Å². The highest BCUT2D eigenvalue weighted by molar-refractivity contribution is 5.93. The molecule has 0 radical (unpaired) electrons. The molecule has 0 bridgehead atoms. The van der Waals surface area contributed by atoms with Crippen molar-refractivity contribution in [1.82, 2.24) is 30.6 Å². The van der Waals surface area contributed by atoms with Crippen molar-refractivity contribution in [2.75, 3.05) is 6.54 Å². The molecule has 2 aliphatic heterocycles. The molecule has 2 aromatic carbocycles. The zero-order valence-electron chi connectivity index (χ0n) is 19.4. The molecule has 1 aromatic heterocycles. The second-order valence-electron chi connectivity index (χ2n) is 8.53. The Morgan fingerprint density at radius 3 is 2.48 bits per heavy atom. The van der Waals surface area contributed by atoms with Gasteiger partial charge in [0.05, 0.1) is 6.04 Å². The van der Waals surface area contributed by atoms with Gasteiger partial charge < -0.3 is 0 Å². The predicted molar refractivity (Wildman–Crippen MR) is 131 cm³/mol. The van der Waals surface area contributed by atoms with Crippen LogP contribution in [-0.4, -0.2) is 48.9 Å². The lowest BCUT2D eigenvalue weighted by Gasteiger charge is -2.39. The predicted octanol–water partition coefficient (Wildman–Crippen LogP) is 5.00. The van der Waals surface area contributed by atoms with E-state index in [4.69, 9.17) is 4.99 Å². The highest BCUT2D eigenvalue weighted by Crippen LogP contribution is 2.33. The fourth-order valence-corrected chi connectivity index (χ4v) is 4.70. The van der Waals surface area contributed by atoms with Crippen LogP contribution in [0.2, 0.25) is 0 Å². The summed E-state index contributed by atoms with van der Waals surface area (Å²) in [6.45, 7) is 7.48. The molecule has 0 saturated heterocycles. The van der Waals surface area contributed by atoms with Gasteiger partial charge in [0.1, 0.15) is 5.82 Å². The highest BCUT2D eigenvalue weighted by Gasteiger charge is 2.35. The molecule has 0 fully saturated rings. The number of aromatic nitrogens is 4. The van der Waals surface area contributed by atoms with Crippen LogP contribution in [-0.2, 0) is 6.42 Å². The molecule has 0 aliphatic carbocycles. The third-order valence-electron chi connectivity index (χ3n) is 6.20. The first kappa shape index (κ1) is 21.1. The van der Waals surface area contributed by atoms with Gasteiger partial charge in [-0.3, -0.25) is 10.0 Å².